The Kier molecular flexibility index (Phi) is 8.68. The Morgan fingerprint density at radius 3 is 2.41 bits per heavy atom. The predicted molar refractivity (Wildman–Crippen MR) is 112 cm³/mol. The fourth-order valence-electron chi connectivity index (χ4n) is 3.24. The topological polar surface area (TPSA) is 46.6 Å². The summed E-state index contributed by atoms with van der Waals surface area (Å²) in [6.45, 7) is 8.85. The van der Waals surface area contributed by atoms with Gasteiger partial charge in [-0.3, -0.25) is 4.79 Å². The summed E-state index contributed by atoms with van der Waals surface area (Å²) >= 11 is 1.68. The zero-order valence-electron chi connectivity index (χ0n) is 17.1. The van der Waals surface area contributed by atoms with Crippen LogP contribution in [0.25, 0.3) is 0 Å². The Bertz CT molecular complexity index is 614. The lowest BCUT2D eigenvalue weighted by atomic mass is 10.0. The van der Waals surface area contributed by atoms with E-state index in [1.807, 2.05) is 24.3 Å². The summed E-state index contributed by atoms with van der Waals surface area (Å²) in [5.74, 6) is 0.537. The number of nitrogens with zero attached hydrogens (tertiary/aromatic N) is 1. The SMILES string of the molecule is CCCCOC(=O)[C@@H]1CS[C@H](C(C)C)N1C(=O)c1ccc(CCCC)cc1. The second kappa shape index (κ2) is 10.7. The normalized spacial score (nSPS) is 19.5. The minimum Gasteiger partial charge on any atom is -0.464 e. The zero-order chi connectivity index (χ0) is 19.8. The average Bonchev–Trinajstić information content (AvgIpc) is 3.12. The maximum atomic E-state index is 13.2. The number of esters is 1. The number of ether oxygens (including phenoxy) is 1. The molecule has 1 aliphatic heterocycles. The molecule has 1 heterocycles. The lowest BCUT2D eigenvalue weighted by Crippen LogP contribution is -2.47. The third-order valence-electron chi connectivity index (χ3n) is 4.87. The number of hydrogen-bond donors (Lipinski definition) is 0. The van der Waals surface area contributed by atoms with Gasteiger partial charge in [0.05, 0.1) is 12.0 Å². The molecule has 2 atom stereocenters. The number of rotatable bonds is 9. The van der Waals surface area contributed by atoms with Crippen LogP contribution in [0.15, 0.2) is 24.3 Å². The van der Waals surface area contributed by atoms with Gasteiger partial charge in [-0.15, -0.1) is 11.8 Å². The average molecular weight is 392 g/mol. The molecule has 1 saturated heterocycles. The van der Waals surface area contributed by atoms with Crippen molar-refractivity contribution in [3.05, 3.63) is 35.4 Å². The van der Waals surface area contributed by atoms with Gasteiger partial charge < -0.3 is 9.64 Å². The van der Waals surface area contributed by atoms with E-state index in [1.165, 1.54) is 5.56 Å². The molecule has 1 aliphatic rings. The van der Waals surface area contributed by atoms with E-state index in [0.29, 0.717) is 17.9 Å². The highest BCUT2D eigenvalue weighted by molar-refractivity contribution is 8.00. The molecule has 150 valence electrons. The van der Waals surface area contributed by atoms with Gasteiger partial charge in [-0.2, -0.15) is 0 Å². The van der Waals surface area contributed by atoms with Gasteiger partial charge in [-0.25, -0.2) is 4.79 Å². The fourth-order valence-corrected chi connectivity index (χ4v) is 4.70. The number of amides is 1. The molecule has 0 spiro atoms. The van der Waals surface area contributed by atoms with E-state index in [0.717, 1.165) is 32.1 Å². The molecule has 0 unspecified atom stereocenters. The van der Waals surface area contributed by atoms with Crippen LogP contribution in [0.3, 0.4) is 0 Å². The first-order chi connectivity index (χ1) is 13.0. The number of carbonyl (C=O) groups is 2. The highest BCUT2D eigenvalue weighted by Gasteiger charge is 2.43. The van der Waals surface area contributed by atoms with Crippen molar-refractivity contribution in [2.24, 2.45) is 5.92 Å². The lowest BCUT2D eigenvalue weighted by molar-refractivity contribution is -0.148. The summed E-state index contributed by atoms with van der Waals surface area (Å²) in [6, 6.07) is 7.36. The van der Waals surface area contributed by atoms with E-state index in [-0.39, 0.29) is 23.2 Å². The summed E-state index contributed by atoms with van der Waals surface area (Å²) in [5.41, 5.74) is 1.90. The molecule has 0 aliphatic carbocycles. The van der Waals surface area contributed by atoms with Gasteiger partial charge in [-0.1, -0.05) is 52.7 Å². The molecule has 27 heavy (non-hydrogen) atoms. The van der Waals surface area contributed by atoms with E-state index >= 15 is 0 Å². The summed E-state index contributed by atoms with van der Waals surface area (Å²) in [5, 5.41) is 0.000920. The van der Waals surface area contributed by atoms with Crippen molar-refractivity contribution in [1.82, 2.24) is 4.90 Å². The van der Waals surface area contributed by atoms with Crippen molar-refractivity contribution >= 4 is 23.6 Å². The van der Waals surface area contributed by atoms with Gasteiger partial charge in [0.1, 0.15) is 6.04 Å². The van der Waals surface area contributed by atoms with Crippen LogP contribution in [0.5, 0.6) is 0 Å². The maximum Gasteiger partial charge on any atom is 0.329 e. The van der Waals surface area contributed by atoms with Crippen molar-refractivity contribution in [3.8, 4) is 0 Å². The standard InChI is InChI=1S/C22H33NO3S/c1-5-7-9-17-10-12-18(13-11-17)20(24)23-19(15-27-21(23)16(3)4)22(25)26-14-8-6-2/h10-13,16,19,21H,5-9,14-15H2,1-4H3/t19-,21+/m0/s1. The number of thioether (sulfide) groups is 1. The minimum absolute atomic E-state index is 0.000920. The molecule has 0 bridgehead atoms. The smallest absolute Gasteiger partial charge is 0.329 e. The van der Waals surface area contributed by atoms with Crippen molar-refractivity contribution in [3.63, 3.8) is 0 Å². The summed E-state index contributed by atoms with van der Waals surface area (Å²) in [4.78, 5) is 27.6. The largest absolute Gasteiger partial charge is 0.464 e. The van der Waals surface area contributed by atoms with Crippen molar-refractivity contribution < 1.29 is 14.3 Å². The maximum absolute atomic E-state index is 13.2. The quantitative estimate of drug-likeness (QED) is 0.443. The van der Waals surface area contributed by atoms with Gasteiger partial charge in [0.2, 0.25) is 0 Å². The summed E-state index contributed by atoms with van der Waals surface area (Å²) in [7, 11) is 0. The van der Waals surface area contributed by atoms with Crippen LogP contribution in [0, 0.1) is 5.92 Å². The van der Waals surface area contributed by atoms with Crippen LogP contribution in [-0.4, -0.2) is 40.6 Å². The molecule has 4 nitrogen and oxygen atoms in total. The molecule has 2 rings (SSSR count). The Labute approximate surface area is 168 Å². The molecular weight excluding hydrogens is 358 g/mol. The Hall–Kier alpha value is -1.49. The molecule has 0 aromatic heterocycles. The van der Waals surface area contributed by atoms with Gasteiger partial charge in [0, 0.05) is 11.3 Å². The second-order valence-corrected chi connectivity index (χ2v) is 8.67. The lowest BCUT2D eigenvalue weighted by Gasteiger charge is -2.30. The van der Waals surface area contributed by atoms with E-state index in [2.05, 4.69) is 27.7 Å². The van der Waals surface area contributed by atoms with Crippen molar-refractivity contribution in [2.45, 2.75) is 71.2 Å². The monoisotopic (exact) mass is 391 g/mol. The number of unbranched alkanes of at least 4 members (excludes halogenated alkanes) is 2. The van der Waals surface area contributed by atoms with E-state index < -0.39 is 6.04 Å². The highest BCUT2D eigenvalue weighted by Crippen LogP contribution is 2.35. The Morgan fingerprint density at radius 1 is 1.15 bits per heavy atom. The molecule has 1 aromatic rings. The number of carbonyl (C=O) groups excluding carboxylic acids is 2. The molecule has 1 fully saturated rings. The van der Waals surface area contributed by atoms with Gasteiger partial charge >= 0.3 is 5.97 Å². The first kappa shape index (κ1) is 21.8. The van der Waals surface area contributed by atoms with Gasteiger partial charge in [0.15, 0.2) is 0 Å². The molecule has 5 heteroatoms. The first-order valence-electron chi connectivity index (χ1n) is 10.2. The fraction of sp³-hybridized carbons (Fsp3) is 0.636. The van der Waals surface area contributed by atoms with Gasteiger partial charge in [0.25, 0.3) is 5.91 Å². The minimum atomic E-state index is -0.494. The summed E-state index contributed by atoms with van der Waals surface area (Å²) in [6.07, 6.45) is 5.17. The summed E-state index contributed by atoms with van der Waals surface area (Å²) < 4.78 is 5.43. The van der Waals surface area contributed by atoms with Crippen LogP contribution in [0.2, 0.25) is 0 Å². The van der Waals surface area contributed by atoms with E-state index in [1.54, 1.807) is 16.7 Å². The molecule has 0 radical (unpaired) electrons. The highest BCUT2D eigenvalue weighted by atomic mass is 32.2. The Morgan fingerprint density at radius 2 is 1.81 bits per heavy atom. The molecule has 0 N–H and O–H groups in total. The predicted octanol–water partition coefficient (Wildman–Crippen LogP) is 4.91. The number of hydrogen-bond acceptors (Lipinski definition) is 4. The Balaban J connectivity index is 2.15. The third-order valence-corrected chi connectivity index (χ3v) is 6.49. The number of benzene rings is 1. The van der Waals surface area contributed by atoms with Crippen LogP contribution in [0.4, 0.5) is 0 Å². The van der Waals surface area contributed by atoms with Crippen LogP contribution >= 0.6 is 11.8 Å². The van der Waals surface area contributed by atoms with Crippen molar-refractivity contribution in [2.75, 3.05) is 12.4 Å². The second-order valence-electron chi connectivity index (χ2n) is 7.52. The molecule has 0 saturated carbocycles. The molecular formula is C22H33NO3S. The van der Waals surface area contributed by atoms with E-state index in [4.69, 9.17) is 4.74 Å². The zero-order valence-corrected chi connectivity index (χ0v) is 17.9. The number of aryl methyl sites for hydroxylation is 1. The van der Waals surface area contributed by atoms with Crippen molar-refractivity contribution in [1.29, 1.82) is 0 Å². The van der Waals surface area contributed by atoms with E-state index in [9.17, 15) is 9.59 Å². The van der Waals surface area contributed by atoms with Gasteiger partial charge in [-0.05, 0) is 42.9 Å². The van der Waals surface area contributed by atoms with Crippen LogP contribution < -0.4 is 0 Å². The first-order valence-corrected chi connectivity index (χ1v) is 11.2. The van der Waals surface area contributed by atoms with Crippen LogP contribution in [-0.2, 0) is 16.0 Å². The van der Waals surface area contributed by atoms with Crippen LogP contribution in [0.1, 0.15) is 69.3 Å². The third kappa shape index (κ3) is 5.74. The molecule has 1 amide bonds. The molecule has 1 aromatic carbocycles.